The fourth-order valence-corrected chi connectivity index (χ4v) is 2.52. The predicted molar refractivity (Wildman–Crippen MR) is 82.4 cm³/mol. The van der Waals surface area contributed by atoms with Crippen molar-refractivity contribution in [3.63, 3.8) is 0 Å². The highest BCUT2D eigenvalue weighted by molar-refractivity contribution is 7.98. The Bertz CT molecular complexity index is 394. The van der Waals surface area contributed by atoms with Gasteiger partial charge >= 0.3 is 0 Å². The minimum Gasteiger partial charge on any atom is -0.311 e. The molecule has 0 amide bonds. The van der Waals surface area contributed by atoms with Crippen molar-refractivity contribution < 1.29 is 0 Å². The standard InChI is InChI=1S/C14H25N3OS/c1-10(2)6-15-7-12-5-14(18)17-13(16-12)9-19-8-11(3)4/h5,10-11,15H,6-9H2,1-4H3,(H,16,17,18). The highest BCUT2D eigenvalue weighted by atomic mass is 32.2. The van der Waals surface area contributed by atoms with Gasteiger partial charge in [0.1, 0.15) is 5.82 Å². The molecule has 1 heterocycles. The normalized spacial score (nSPS) is 11.5. The first-order chi connectivity index (χ1) is 8.97. The monoisotopic (exact) mass is 283 g/mol. The van der Waals surface area contributed by atoms with Crippen LogP contribution in [0.1, 0.15) is 39.2 Å². The first-order valence-corrected chi connectivity index (χ1v) is 8.00. The summed E-state index contributed by atoms with van der Waals surface area (Å²) in [5.41, 5.74) is 0.765. The molecule has 0 aliphatic heterocycles. The molecule has 0 aliphatic rings. The second-order valence-electron chi connectivity index (χ2n) is 5.62. The van der Waals surface area contributed by atoms with Crippen molar-refractivity contribution in [1.29, 1.82) is 0 Å². The van der Waals surface area contributed by atoms with Gasteiger partial charge in [-0.05, 0) is 24.1 Å². The second-order valence-corrected chi connectivity index (χ2v) is 6.65. The number of hydrogen-bond acceptors (Lipinski definition) is 4. The van der Waals surface area contributed by atoms with Gasteiger partial charge in [0.15, 0.2) is 0 Å². The Morgan fingerprint density at radius 1 is 1.32 bits per heavy atom. The molecule has 1 aromatic heterocycles. The van der Waals surface area contributed by atoms with Gasteiger partial charge in [-0.2, -0.15) is 11.8 Å². The van der Waals surface area contributed by atoms with E-state index in [-0.39, 0.29) is 5.56 Å². The average Bonchev–Trinajstić information content (AvgIpc) is 2.27. The van der Waals surface area contributed by atoms with Crippen LogP contribution >= 0.6 is 11.8 Å². The van der Waals surface area contributed by atoms with Gasteiger partial charge in [-0.15, -0.1) is 0 Å². The molecule has 1 aromatic rings. The highest BCUT2D eigenvalue weighted by Gasteiger charge is 2.03. The van der Waals surface area contributed by atoms with Gasteiger partial charge in [-0.3, -0.25) is 4.79 Å². The van der Waals surface area contributed by atoms with E-state index in [1.54, 1.807) is 6.07 Å². The molecule has 0 atom stereocenters. The summed E-state index contributed by atoms with van der Waals surface area (Å²) in [5, 5.41) is 3.31. The lowest BCUT2D eigenvalue weighted by molar-refractivity contribution is 0.547. The molecule has 19 heavy (non-hydrogen) atoms. The van der Waals surface area contributed by atoms with E-state index in [1.165, 1.54) is 0 Å². The summed E-state index contributed by atoms with van der Waals surface area (Å²) in [7, 11) is 0. The van der Waals surface area contributed by atoms with Gasteiger partial charge in [-0.25, -0.2) is 4.98 Å². The van der Waals surface area contributed by atoms with Crippen LogP contribution in [0.3, 0.4) is 0 Å². The molecule has 0 aromatic carbocycles. The molecular formula is C14H25N3OS. The number of thioether (sulfide) groups is 1. The zero-order valence-electron chi connectivity index (χ0n) is 12.3. The second kappa shape index (κ2) is 8.38. The molecular weight excluding hydrogens is 258 g/mol. The van der Waals surface area contributed by atoms with Crippen molar-refractivity contribution in [3.05, 3.63) is 27.9 Å². The number of nitrogens with zero attached hydrogens (tertiary/aromatic N) is 1. The van der Waals surface area contributed by atoms with Gasteiger partial charge in [0.25, 0.3) is 5.56 Å². The van der Waals surface area contributed by atoms with E-state index in [2.05, 4.69) is 43.0 Å². The van der Waals surface area contributed by atoms with Gasteiger partial charge in [0.2, 0.25) is 0 Å². The SMILES string of the molecule is CC(C)CNCc1cc(=O)[nH]c(CSCC(C)C)n1. The summed E-state index contributed by atoms with van der Waals surface area (Å²) in [6.07, 6.45) is 0. The summed E-state index contributed by atoms with van der Waals surface area (Å²) >= 11 is 1.81. The summed E-state index contributed by atoms with van der Waals surface area (Å²) < 4.78 is 0. The maximum Gasteiger partial charge on any atom is 0.251 e. The molecule has 0 saturated heterocycles. The van der Waals surface area contributed by atoms with Crippen molar-refractivity contribution in [3.8, 4) is 0 Å². The lowest BCUT2D eigenvalue weighted by atomic mass is 10.2. The minimum absolute atomic E-state index is 0.0588. The Balaban J connectivity index is 2.53. The highest BCUT2D eigenvalue weighted by Crippen LogP contribution is 2.11. The van der Waals surface area contributed by atoms with E-state index in [0.717, 1.165) is 29.6 Å². The third-order valence-corrected chi connectivity index (χ3v) is 3.77. The van der Waals surface area contributed by atoms with E-state index < -0.39 is 0 Å². The van der Waals surface area contributed by atoms with Crippen molar-refractivity contribution >= 4 is 11.8 Å². The lowest BCUT2D eigenvalue weighted by Crippen LogP contribution is -2.22. The van der Waals surface area contributed by atoms with E-state index >= 15 is 0 Å². The molecule has 0 unspecified atom stereocenters. The van der Waals surface area contributed by atoms with Crippen LogP contribution in [-0.2, 0) is 12.3 Å². The van der Waals surface area contributed by atoms with Gasteiger partial charge in [0, 0.05) is 12.6 Å². The van der Waals surface area contributed by atoms with E-state index in [4.69, 9.17) is 0 Å². The topological polar surface area (TPSA) is 57.8 Å². The largest absolute Gasteiger partial charge is 0.311 e. The van der Waals surface area contributed by atoms with Crippen LogP contribution in [0, 0.1) is 11.8 Å². The molecule has 4 nitrogen and oxygen atoms in total. The summed E-state index contributed by atoms with van der Waals surface area (Å²) in [6.45, 7) is 10.3. The van der Waals surface area contributed by atoms with E-state index in [9.17, 15) is 4.79 Å². The first-order valence-electron chi connectivity index (χ1n) is 6.85. The van der Waals surface area contributed by atoms with Crippen LogP contribution in [0.2, 0.25) is 0 Å². The third kappa shape index (κ3) is 7.38. The Morgan fingerprint density at radius 3 is 2.68 bits per heavy atom. The van der Waals surface area contributed by atoms with Crippen LogP contribution in [-0.4, -0.2) is 22.3 Å². The number of rotatable bonds is 8. The minimum atomic E-state index is -0.0588. The molecule has 0 radical (unpaired) electrons. The van der Waals surface area contributed by atoms with Crippen molar-refractivity contribution in [2.24, 2.45) is 11.8 Å². The number of aromatic amines is 1. The Labute approximate surface area is 119 Å². The van der Waals surface area contributed by atoms with E-state index in [1.807, 2.05) is 11.8 Å². The fourth-order valence-electron chi connectivity index (χ4n) is 1.60. The van der Waals surface area contributed by atoms with Crippen LogP contribution in [0.4, 0.5) is 0 Å². The average molecular weight is 283 g/mol. The maximum absolute atomic E-state index is 11.6. The molecule has 108 valence electrons. The third-order valence-electron chi connectivity index (χ3n) is 2.39. The molecule has 0 aliphatic carbocycles. The zero-order valence-corrected chi connectivity index (χ0v) is 13.1. The molecule has 2 N–H and O–H groups in total. The lowest BCUT2D eigenvalue weighted by Gasteiger charge is -2.08. The van der Waals surface area contributed by atoms with Gasteiger partial charge in [0.05, 0.1) is 11.4 Å². The summed E-state index contributed by atoms with van der Waals surface area (Å²) in [5.74, 6) is 3.89. The van der Waals surface area contributed by atoms with Crippen LogP contribution < -0.4 is 10.9 Å². The number of nitrogens with one attached hydrogen (secondary N) is 2. The van der Waals surface area contributed by atoms with Crippen LogP contribution in [0.25, 0.3) is 0 Å². The Hall–Kier alpha value is -0.810. The number of H-pyrrole nitrogens is 1. The first kappa shape index (κ1) is 16.2. The van der Waals surface area contributed by atoms with Crippen LogP contribution in [0.15, 0.2) is 10.9 Å². The molecule has 0 saturated carbocycles. The van der Waals surface area contributed by atoms with Crippen molar-refractivity contribution in [2.45, 2.75) is 40.0 Å². The quantitative estimate of drug-likeness (QED) is 0.769. The predicted octanol–water partition coefficient (Wildman–Crippen LogP) is 2.40. The summed E-state index contributed by atoms with van der Waals surface area (Å²) in [4.78, 5) is 18.9. The molecule has 1 rings (SSSR count). The van der Waals surface area contributed by atoms with Crippen molar-refractivity contribution in [2.75, 3.05) is 12.3 Å². The summed E-state index contributed by atoms with van der Waals surface area (Å²) in [6, 6.07) is 1.57. The van der Waals surface area contributed by atoms with Crippen LogP contribution in [0.5, 0.6) is 0 Å². The fraction of sp³-hybridized carbons (Fsp3) is 0.714. The van der Waals surface area contributed by atoms with Gasteiger partial charge < -0.3 is 10.3 Å². The number of hydrogen-bond donors (Lipinski definition) is 2. The van der Waals surface area contributed by atoms with E-state index in [0.29, 0.717) is 18.4 Å². The van der Waals surface area contributed by atoms with Crippen molar-refractivity contribution in [1.82, 2.24) is 15.3 Å². The molecule has 0 bridgehead atoms. The Kier molecular flexibility index (Phi) is 7.16. The van der Waals surface area contributed by atoms with Gasteiger partial charge in [-0.1, -0.05) is 27.7 Å². The molecule has 0 fully saturated rings. The zero-order chi connectivity index (χ0) is 14.3. The Morgan fingerprint density at radius 2 is 2.05 bits per heavy atom. The number of aromatic nitrogens is 2. The smallest absolute Gasteiger partial charge is 0.251 e. The molecule has 0 spiro atoms. The maximum atomic E-state index is 11.6. The molecule has 5 heteroatoms.